The number of ether oxygens (including phenoxy) is 3. The van der Waals surface area contributed by atoms with Gasteiger partial charge in [0.2, 0.25) is 5.91 Å². The maximum Gasteiger partial charge on any atom is 0.329 e. The van der Waals surface area contributed by atoms with Crippen LogP contribution in [0.25, 0.3) is 0 Å². The van der Waals surface area contributed by atoms with Gasteiger partial charge in [-0.05, 0) is 107 Å². The van der Waals surface area contributed by atoms with Crippen molar-refractivity contribution in [3.05, 3.63) is 47.6 Å². The number of nitrogens with zero attached hydrogens (tertiary/aromatic N) is 1. The molecule has 0 aromatic carbocycles. The van der Waals surface area contributed by atoms with Crippen LogP contribution in [0.4, 0.5) is 0 Å². The second kappa shape index (κ2) is 23.8. The number of aliphatic hydroxyl groups excluding tert-OH is 4. The number of carbonyl (C=O) groups is 4. The minimum absolute atomic E-state index is 0.0308. The lowest BCUT2D eigenvalue weighted by atomic mass is 9.78. The first-order chi connectivity index (χ1) is 29.2. The molecule has 4 rings (SSSR count). The van der Waals surface area contributed by atoms with E-state index >= 15 is 0 Å². The van der Waals surface area contributed by atoms with E-state index in [2.05, 4.69) is 0 Å². The molecule has 3 heterocycles. The van der Waals surface area contributed by atoms with Gasteiger partial charge in [-0.1, -0.05) is 71.1 Å². The van der Waals surface area contributed by atoms with Gasteiger partial charge in [-0.15, -0.1) is 0 Å². The highest BCUT2D eigenvalue weighted by Gasteiger charge is 2.46. The number of allylic oxidation sites excluding steroid dienone is 6. The number of piperidine rings is 1. The first-order valence-electron chi connectivity index (χ1n) is 23.2. The van der Waals surface area contributed by atoms with Crippen molar-refractivity contribution in [2.75, 3.05) is 13.7 Å². The summed E-state index contributed by atoms with van der Waals surface area (Å²) in [6.45, 7) is 12.8. The molecule has 3 fully saturated rings. The Morgan fingerprint density at radius 2 is 1.60 bits per heavy atom. The zero-order valence-corrected chi connectivity index (χ0v) is 38.5. The number of esters is 1. The van der Waals surface area contributed by atoms with Gasteiger partial charge >= 0.3 is 5.97 Å². The van der Waals surface area contributed by atoms with Crippen LogP contribution in [0.2, 0.25) is 0 Å². The van der Waals surface area contributed by atoms with E-state index in [0.717, 1.165) is 6.42 Å². The zero-order chi connectivity index (χ0) is 45.9. The van der Waals surface area contributed by atoms with Gasteiger partial charge in [-0.3, -0.25) is 14.4 Å². The Balaban J connectivity index is 1.65. The summed E-state index contributed by atoms with van der Waals surface area (Å²) in [7, 11) is 1.57. The molecular weight excluding hydrogens is 795 g/mol. The van der Waals surface area contributed by atoms with Gasteiger partial charge in [-0.2, -0.15) is 0 Å². The second-order valence-corrected chi connectivity index (χ2v) is 19.3. The lowest BCUT2D eigenvalue weighted by Crippen LogP contribution is -2.54. The molecule has 350 valence electrons. The molecule has 13 nitrogen and oxygen atoms in total. The molecule has 2 saturated heterocycles. The Morgan fingerprint density at radius 1 is 0.871 bits per heavy atom. The Bertz CT molecular complexity index is 1640. The zero-order valence-electron chi connectivity index (χ0n) is 38.5. The molecule has 1 saturated carbocycles. The summed E-state index contributed by atoms with van der Waals surface area (Å²) in [6.07, 6.45) is 9.90. The molecule has 0 aromatic rings. The molecule has 0 radical (unpaired) electrons. The van der Waals surface area contributed by atoms with Crippen molar-refractivity contribution >= 4 is 23.4 Å². The fraction of sp³-hybridized carbons (Fsp3) is 0.755. The second-order valence-electron chi connectivity index (χ2n) is 19.3. The molecule has 0 aromatic heterocycles. The van der Waals surface area contributed by atoms with Crippen molar-refractivity contribution in [2.45, 2.75) is 186 Å². The number of rotatable bonds is 4. The first kappa shape index (κ1) is 51.6. The summed E-state index contributed by atoms with van der Waals surface area (Å²) in [5.74, 6) is -5.54. The van der Waals surface area contributed by atoms with Crippen molar-refractivity contribution in [2.24, 2.45) is 35.5 Å². The molecule has 1 unspecified atom stereocenters. The number of carbonyl (C=O) groups excluding carboxylic acids is 4. The predicted molar refractivity (Wildman–Crippen MR) is 235 cm³/mol. The summed E-state index contributed by atoms with van der Waals surface area (Å²) >= 11 is 0. The normalized spacial score (nSPS) is 41.8. The quantitative estimate of drug-likeness (QED) is 0.171. The van der Waals surface area contributed by atoms with E-state index in [0.29, 0.717) is 63.4 Å². The van der Waals surface area contributed by atoms with Crippen LogP contribution >= 0.6 is 0 Å². The summed E-state index contributed by atoms with van der Waals surface area (Å²) in [6, 6.07) is -0.935. The van der Waals surface area contributed by atoms with Crippen LogP contribution < -0.4 is 0 Å². The van der Waals surface area contributed by atoms with Crippen LogP contribution in [-0.2, 0) is 33.4 Å². The Kier molecular flexibility index (Phi) is 19.8. The third-order valence-electron chi connectivity index (χ3n) is 14.1. The smallest absolute Gasteiger partial charge is 0.329 e. The molecule has 3 aliphatic heterocycles. The Hall–Kier alpha value is -3.04. The van der Waals surface area contributed by atoms with E-state index in [-0.39, 0.29) is 66.9 Å². The van der Waals surface area contributed by atoms with Crippen molar-refractivity contribution in [1.29, 1.82) is 0 Å². The van der Waals surface area contributed by atoms with Crippen molar-refractivity contribution < 1.29 is 58.9 Å². The molecule has 1 aliphatic carbocycles. The largest absolute Gasteiger partial charge is 0.460 e. The number of amides is 1. The molecule has 13 heteroatoms. The predicted octanol–water partition coefficient (Wildman–Crippen LogP) is 5.69. The maximum atomic E-state index is 14.3. The number of aliphatic hydroxyl groups is 5. The summed E-state index contributed by atoms with van der Waals surface area (Å²) in [5, 5.41) is 55.5. The monoisotopic (exact) mass is 872 g/mol. The third-order valence-corrected chi connectivity index (χ3v) is 14.1. The average Bonchev–Trinajstić information content (AvgIpc) is 3.23. The summed E-state index contributed by atoms with van der Waals surface area (Å²) < 4.78 is 18.1. The van der Waals surface area contributed by atoms with Crippen LogP contribution in [0.5, 0.6) is 0 Å². The van der Waals surface area contributed by atoms with E-state index in [1.165, 1.54) is 4.90 Å². The molecule has 5 N–H and O–H groups in total. The topological polar surface area (TPSA) is 200 Å². The van der Waals surface area contributed by atoms with Crippen LogP contribution in [0.1, 0.15) is 132 Å². The van der Waals surface area contributed by atoms with Gasteiger partial charge in [0.25, 0.3) is 0 Å². The molecule has 15 atom stereocenters. The minimum Gasteiger partial charge on any atom is -0.460 e. The highest BCUT2D eigenvalue weighted by atomic mass is 16.6. The molecule has 1 amide bonds. The van der Waals surface area contributed by atoms with Crippen molar-refractivity contribution in [3.8, 4) is 0 Å². The Morgan fingerprint density at radius 3 is 2.31 bits per heavy atom. The summed E-state index contributed by atoms with van der Waals surface area (Å²) in [5.41, 5.74) is 0.961. The molecule has 4 aliphatic rings. The SMILES string of the molecule is CO[C@H]1CC(C[C@@H](C)[C@@H]2CC(=O)[C@H](C)/C=C(\C)[C@@H](O)[C@@H](O)C(=O)[C@H](C)C[C@H](C)/C=C/C=C/C=C(\C)[C@@H](O)C[C@@H]3CC[C@@H](C)[C@](O)(CC(=O)N4CCCC[C@H]4C(=O)O2)O3)CC[C@@H]1O. The number of methoxy groups -OCH3 is 1. The fourth-order valence-corrected chi connectivity index (χ4v) is 9.72. The number of hydrogen-bond donors (Lipinski definition) is 5. The lowest BCUT2D eigenvalue weighted by Gasteiger charge is -2.44. The Labute approximate surface area is 369 Å². The van der Waals surface area contributed by atoms with Gasteiger partial charge in [0.1, 0.15) is 30.1 Å². The van der Waals surface area contributed by atoms with Gasteiger partial charge in [0, 0.05) is 44.2 Å². The standard InChI is InChI=1S/C49H77NO12/c1-29-14-10-9-11-15-30(2)40(52)26-37-19-17-35(7)49(59,62-37)28-44(54)50-21-13-12-16-38(50)48(58)61-42(32(4)24-36-18-20-39(51)43(25-36)60-8)27-41(53)31(3)23-34(6)46(56)47(57)45(55)33(5)22-29/h9-11,14-15,23,29,31-33,35-40,42-43,46-47,51-52,56-57,59H,12-13,16-22,24-28H2,1-8H3/b11-9+,14-10+,30-15+,34-23+/t29-,31-,32-,33-,35-,36?,37+,38+,39+,40+,42+,43+,46-,47+,49+/m1/s1. The van der Waals surface area contributed by atoms with Crippen molar-refractivity contribution in [3.63, 3.8) is 0 Å². The molecular formula is C49H77NO12. The van der Waals surface area contributed by atoms with Crippen LogP contribution in [-0.4, -0.2) is 122 Å². The maximum absolute atomic E-state index is 14.3. The molecule has 2 bridgehead atoms. The van der Waals surface area contributed by atoms with E-state index < -0.39 is 77.9 Å². The summed E-state index contributed by atoms with van der Waals surface area (Å²) in [4.78, 5) is 57.2. The fourth-order valence-electron chi connectivity index (χ4n) is 9.72. The van der Waals surface area contributed by atoms with Crippen LogP contribution in [0.3, 0.4) is 0 Å². The van der Waals surface area contributed by atoms with Crippen molar-refractivity contribution in [1.82, 2.24) is 4.90 Å². The number of Topliss-reactive ketones (excluding diaryl/α,β-unsaturated/α-hetero) is 2. The highest BCUT2D eigenvalue weighted by Crippen LogP contribution is 2.38. The lowest BCUT2D eigenvalue weighted by molar-refractivity contribution is -0.283. The van der Waals surface area contributed by atoms with Crippen LogP contribution in [0.15, 0.2) is 47.6 Å². The van der Waals surface area contributed by atoms with E-state index in [4.69, 9.17) is 14.2 Å². The number of fused-ring (bicyclic) bond motifs is 3. The highest BCUT2D eigenvalue weighted by molar-refractivity contribution is 5.87. The van der Waals surface area contributed by atoms with Crippen LogP contribution in [0, 0.1) is 35.5 Å². The van der Waals surface area contributed by atoms with E-state index in [1.54, 1.807) is 46.1 Å². The van der Waals surface area contributed by atoms with E-state index in [1.807, 2.05) is 45.9 Å². The number of hydrogen-bond acceptors (Lipinski definition) is 12. The number of ketones is 2. The molecule has 0 spiro atoms. The average molecular weight is 872 g/mol. The van der Waals surface area contributed by atoms with Gasteiger partial charge in [0.15, 0.2) is 11.6 Å². The first-order valence-corrected chi connectivity index (χ1v) is 23.2. The van der Waals surface area contributed by atoms with Gasteiger partial charge in [0.05, 0.1) is 30.8 Å². The minimum atomic E-state index is -1.81. The van der Waals surface area contributed by atoms with E-state index in [9.17, 15) is 44.7 Å². The van der Waals surface area contributed by atoms with Gasteiger partial charge in [-0.25, -0.2) is 4.79 Å². The molecule has 62 heavy (non-hydrogen) atoms. The third kappa shape index (κ3) is 14.2. The number of cyclic esters (lactones) is 1. The van der Waals surface area contributed by atoms with Gasteiger partial charge < -0.3 is 44.6 Å².